The summed E-state index contributed by atoms with van der Waals surface area (Å²) in [6, 6.07) is 9.67. The Morgan fingerprint density at radius 3 is 2.43 bits per heavy atom. The van der Waals surface area contributed by atoms with Crippen LogP contribution in [-0.4, -0.2) is 28.7 Å². The minimum Gasteiger partial charge on any atom is -0.481 e. The number of benzene rings is 1. The number of amides is 2. The summed E-state index contributed by atoms with van der Waals surface area (Å²) in [5.41, 5.74) is 0.616. The van der Waals surface area contributed by atoms with Gasteiger partial charge < -0.3 is 15.7 Å². The van der Waals surface area contributed by atoms with Crippen LogP contribution in [0.1, 0.15) is 39.2 Å². The van der Waals surface area contributed by atoms with Crippen LogP contribution in [0, 0.1) is 0 Å². The third kappa shape index (κ3) is 7.34. The van der Waals surface area contributed by atoms with E-state index < -0.39 is 11.5 Å². The van der Waals surface area contributed by atoms with Crippen molar-refractivity contribution in [2.24, 2.45) is 0 Å². The molecule has 0 aliphatic rings. The molecular weight excluding hydrogens is 268 g/mol. The molecule has 0 radical (unpaired) electrons. The number of rotatable bonds is 7. The van der Waals surface area contributed by atoms with Crippen LogP contribution < -0.4 is 10.6 Å². The molecule has 21 heavy (non-hydrogen) atoms. The number of aliphatic carboxylic acids is 1. The van der Waals surface area contributed by atoms with Gasteiger partial charge in [-0.2, -0.15) is 0 Å². The van der Waals surface area contributed by atoms with E-state index in [4.69, 9.17) is 5.11 Å². The van der Waals surface area contributed by atoms with E-state index in [0.29, 0.717) is 6.42 Å². The Morgan fingerprint density at radius 2 is 1.86 bits per heavy atom. The van der Waals surface area contributed by atoms with Crippen molar-refractivity contribution >= 4 is 12.0 Å². The fourth-order valence-corrected chi connectivity index (χ4v) is 2.07. The van der Waals surface area contributed by atoms with E-state index in [0.717, 1.165) is 12.0 Å². The predicted octanol–water partition coefficient (Wildman–Crippen LogP) is 2.56. The third-order valence-electron chi connectivity index (χ3n) is 3.18. The van der Waals surface area contributed by atoms with E-state index >= 15 is 0 Å². The molecule has 0 saturated carbocycles. The summed E-state index contributed by atoms with van der Waals surface area (Å²) in [5.74, 6) is -0.859. The first-order valence-electron chi connectivity index (χ1n) is 7.13. The molecule has 0 aromatic heterocycles. The van der Waals surface area contributed by atoms with Crippen LogP contribution in [0.2, 0.25) is 0 Å². The van der Waals surface area contributed by atoms with Crippen LogP contribution in [-0.2, 0) is 11.2 Å². The Morgan fingerprint density at radius 1 is 1.24 bits per heavy atom. The van der Waals surface area contributed by atoms with Crippen molar-refractivity contribution in [1.82, 2.24) is 10.6 Å². The number of carboxylic acid groups (broad SMARTS) is 1. The first kappa shape index (κ1) is 17.0. The van der Waals surface area contributed by atoms with Crippen LogP contribution in [0.15, 0.2) is 30.3 Å². The molecule has 0 saturated heterocycles. The van der Waals surface area contributed by atoms with Gasteiger partial charge >= 0.3 is 12.0 Å². The first-order chi connectivity index (χ1) is 9.78. The molecule has 3 N–H and O–H groups in total. The Balaban J connectivity index is 2.40. The van der Waals surface area contributed by atoms with Crippen LogP contribution in [0.5, 0.6) is 0 Å². The standard InChI is InChI=1S/C16H24N2O3/c1-12(11-13-7-5-4-6-8-13)17-15(21)18-16(2,3)10-9-14(19)20/h4-8,12H,9-11H2,1-3H3,(H,19,20)(H2,17,18,21). The average Bonchev–Trinajstić information content (AvgIpc) is 2.36. The average molecular weight is 292 g/mol. The lowest BCUT2D eigenvalue weighted by Gasteiger charge is -2.27. The number of urea groups is 1. The normalized spacial score (nSPS) is 12.5. The molecule has 5 nitrogen and oxygen atoms in total. The lowest BCUT2D eigenvalue weighted by Crippen LogP contribution is -2.51. The Bertz CT molecular complexity index is 472. The molecular formula is C16H24N2O3. The Labute approximate surface area is 125 Å². The highest BCUT2D eigenvalue weighted by Crippen LogP contribution is 2.11. The quantitative estimate of drug-likeness (QED) is 0.722. The van der Waals surface area contributed by atoms with Crippen molar-refractivity contribution in [2.45, 2.75) is 51.6 Å². The number of hydrogen-bond donors (Lipinski definition) is 3. The molecule has 0 aliphatic carbocycles. The molecule has 2 amide bonds. The van der Waals surface area contributed by atoms with Gasteiger partial charge in [-0.3, -0.25) is 4.79 Å². The van der Waals surface area contributed by atoms with E-state index in [1.165, 1.54) is 0 Å². The minimum absolute atomic E-state index is 0.00248. The van der Waals surface area contributed by atoms with Gasteiger partial charge in [-0.25, -0.2) is 4.79 Å². The predicted molar refractivity (Wildman–Crippen MR) is 82.2 cm³/mol. The maximum absolute atomic E-state index is 11.9. The van der Waals surface area contributed by atoms with Gasteiger partial charge in [-0.1, -0.05) is 30.3 Å². The highest BCUT2D eigenvalue weighted by molar-refractivity contribution is 5.75. The van der Waals surface area contributed by atoms with Crippen LogP contribution in [0.3, 0.4) is 0 Å². The molecule has 0 fully saturated rings. The smallest absolute Gasteiger partial charge is 0.315 e. The first-order valence-corrected chi connectivity index (χ1v) is 7.13. The van der Waals surface area contributed by atoms with Gasteiger partial charge in [0.05, 0.1) is 0 Å². The monoisotopic (exact) mass is 292 g/mol. The fourth-order valence-electron chi connectivity index (χ4n) is 2.07. The zero-order chi connectivity index (χ0) is 15.9. The van der Waals surface area contributed by atoms with Crippen LogP contribution >= 0.6 is 0 Å². The van der Waals surface area contributed by atoms with Gasteiger partial charge in [-0.15, -0.1) is 0 Å². The van der Waals surface area contributed by atoms with Crippen molar-refractivity contribution in [3.05, 3.63) is 35.9 Å². The summed E-state index contributed by atoms with van der Waals surface area (Å²) in [6.45, 7) is 5.57. The van der Waals surface area contributed by atoms with Gasteiger partial charge in [0.1, 0.15) is 0 Å². The van der Waals surface area contributed by atoms with Crippen molar-refractivity contribution in [1.29, 1.82) is 0 Å². The lowest BCUT2D eigenvalue weighted by atomic mass is 9.99. The van der Waals surface area contributed by atoms with Crippen LogP contribution in [0.4, 0.5) is 4.79 Å². The molecule has 1 unspecified atom stereocenters. The molecule has 5 heteroatoms. The van der Waals surface area contributed by atoms with Crippen molar-refractivity contribution < 1.29 is 14.7 Å². The molecule has 0 spiro atoms. The zero-order valence-corrected chi connectivity index (χ0v) is 12.8. The highest BCUT2D eigenvalue weighted by atomic mass is 16.4. The summed E-state index contributed by atoms with van der Waals surface area (Å²) in [5, 5.41) is 14.4. The molecule has 0 bridgehead atoms. The largest absolute Gasteiger partial charge is 0.481 e. The van der Waals surface area contributed by atoms with Gasteiger partial charge in [0.15, 0.2) is 0 Å². The summed E-state index contributed by atoms with van der Waals surface area (Å²) >= 11 is 0. The fraction of sp³-hybridized carbons (Fsp3) is 0.500. The summed E-state index contributed by atoms with van der Waals surface area (Å²) in [4.78, 5) is 22.5. The summed E-state index contributed by atoms with van der Waals surface area (Å²) in [7, 11) is 0. The zero-order valence-electron chi connectivity index (χ0n) is 12.8. The van der Waals surface area contributed by atoms with E-state index in [1.54, 1.807) is 0 Å². The second kappa shape index (κ2) is 7.67. The number of carboxylic acids is 1. The van der Waals surface area contributed by atoms with Crippen LogP contribution in [0.25, 0.3) is 0 Å². The lowest BCUT2D eigenvalue weighted by molar-refractivity contribution is -0.137. The SMILES string of the molecule is CC(Cc1ccccc1)NC(=O)NC(C)(C)CCC(=O)O. The van der Waals surface area contributed by atoms with Gasteiger partial charge in [-0.05, 0) is 39.2 Å². The molecule has 0 heterocycles. The second-order valence-corrected chi connectivity index (χ2v) is 5.97. The number of hydrogen-bond acceptors (Lipinski definition) is 2. The number of carbonyl (C=O) groups excluding carboxylic acids is 1. The molecule has 116 valence electrons. The Kier molecular flexibility index (Phi) is 6.21. The number of nitrogens with one attached hydrogen (secondary N) is 2. The summed E-state index contributed by atoms with van der Waals surface area (Å²) in [6.07, 6.45) is 1.18. The van der Waals surface area contributed by atoms with E-state index in [-0.39, 0.29) is 18.5 Å². The summed E-state index contributed by atoms with van der Waals surface area (Å²) < 4.78 is 0. The van der Waals surface area contributed by atoms with E-state index in [1.807, 2.05) is 51.1 Å². The second-order valence-electron chi connectivity index (χ2n) is 5.97. The maximum Gasteiger partial charge on any atom is 0.315 e. The van der Waals surface area contributed by atoms with E-state index in [2.05, 4.69) is 10.6 Å². The van der Waals surface area contributed by atoms with E-state index in [9.17, 15) is 9.59 Å². The molecule has 0 aliphatic heterocycles. The molecule has 1 atom stereocenters. The van der Waals surface area contributed by atoms with Crippen molar-refractivity contribution in [2.75, 3.05) is 0 Å². The molecule has 1 aromatic carbocycles. The molecule has 1 aromatic rings. The minimum atomic E-state index is -0.859. The maximum atomic E-state index is 11.9. The third-order valence-corrected chi connectivity index (χ3v) is 3.18. The topological polar surface area (TPSA) is 78.4 Å². The van der Waals surface area contributed by atoms with Crippen molar-refractivity contribution in [3.63, 3.8) is 0 Å². The van der Waals surface area contributed by atoms with Gasteiger partial charge in [0.25, 0.3) is 0 Å². The molecule has 1 rings (SSSR count). The highest BCUT2D eigenvalue weighted by Gasteiger charge is 2.22. The van der Waals surface area contributed by atoms with Gasteiger partial charge in [0, 0.05) is 18.0 Å². The van der Waals surface area contributed by atoms with Crippen molar-refractivity contribution in [3.8, 4) is 0 Å². The van der Waals surface area contributed by atoms with Gasteiger partial charge in [0.2, 0.25) is 0 Å². The number of carbonyl (C=O) groups is 2. The Hall–Kier alpha value is -2.04.